The number of aliphatic hydroxyl groups excluding tert-OH is 1. The summed E-state index contributed by atoms with van der Waals surface area (Å²) in [5, 5.41) is 12.8. The van der Waals surface area contributed by atoms with E-state index in [4.69, 9.17) is 4.42 Å². The smallest absolute Gasteiger partial charge is 0.134 e. The highest BCUT2D eigenvalue weighted by atomic mass is 16.3. The summed E-state index contributed by atoms with van der Waals surface area (Å²) in [5.74, 6) is 1.79. The molecule has 3 heteroatoms. The molecule has 3 rings (SSSR count). The van der Waals surface area contributed by atoms with Crippen LogP contribution in [0.25, 0.3) is 11.3 Å². The van der Waals surface area contributed by atoms with Crippen molar-refractivity contribution in [2.24, 2.45) is 0 Å². The molecule has 1 aromatic heterocycles. The third kappa shape index (κ3) is 3.70. The van der Waals surface area contributed by atoms with Crippen molar-refractivity contribution < 1.29 is 9.52 Å². The zero-order valence-corrected chi connectivity index (χ0v) is 13.2. The van der Waals surface area contributed by atoms with Gasteiger partial charge in [0.25, 0.3) is 0 Å². The van der Waals surface area contributed by atoms with E-state index in [-0.39, 0.29) is 12.6 Å². The van der Waals surface area contributed by atoms with Gasteiger partial charge in [-0.05, 0) is 30.2 Å². The van der Waals surface area contributed by atoms with Crippen LogP contribution in [0.15, 0.2) is 71.1 Å². The SMILES string of the molecule is CC(NCc1ccccc1CO)c1ccc(-c2ccccc2)o1. The normalized spacial score (nSPS) is 12.3. The van der Waals surface area contributed by atoms with Gasteiger partial charge in [-0.25, -0.2) is 0 Å². The molecule has 0 aliphatic heterocycles. The lowest BCUT2D eigenvalue weighted by atomic mass is 10.1. The molecule has 1 heterocycles. The summed E-state index contributed by atoms with van der Waals surface area (Å²) in [5.41, 5.74) is 3.14. The molecule has 2 aromatic carbocycles. The molecule has 3 nitrogen and oxygen atoms in total. The molecule has 0 fully saturated rings. The molecule has 1 atom stereocenters. The zero-order valence-electron chi connectivity index (χ0n) is 13.2. The van der Waals surface area contributed by atoms with Gasteiger partial charge in [-0.1, -0.05) is 54.6 Å². The van der Waals surface area contributed by atoms with Crippen molar-refractivity contribution >= 4 is 0 Å². The second kappa shape index (κ2) is 7.27. The Balaban J connectivity index is 1.67. The predicted octanol–water partition coefficient (Wildman–Crippen LogP) is 4.29. The number of rotatable bonds is 6. The van der Waals surface area contributed by atoms with Crippen LogP contribution in [0.5, 0.6) is 0 Å². The van der Waals surface area contributed by atoms with Gasteiger partial charge < -0.3 is 14.8 Å². The van der Waals surface area contributed by atoms with Gasteiger partial charge in [-0.2, -0.15) is 0 Å². The Labute approximate surface area is 136 Å². The first-order valence-corrected chi connectivity index (χ1v) is 7.84. The molecule has 23 heavy (non-hydrogen) atoms. The summed E-state index contributed by atoms with van der Waals surface area (Å²) < 4.78 is 5.96. The summed E-state index contributed by atoms with van der Waals surface area (Å²) in [7, 11) is 0. The average molecular weight is 307 g/mol. The van der Waals surface area contributed by atoms with E-state index in [1.54, 1.807) is 0 Å². The first kappa shape index (κ1) is 15.5. The third-order valence-corrected chi connectivity index (χ3v) is 4.00. The van der Waals surface area contributed by atoms with Gasteiger partial charge in [0.1, 0.15) is 11.5 Å². The molecule has 0 aliphatic carbocycles. The molecule has 0 aliphatic rings. The van der Waals surface area contributed by atoms with E-state index in [1.165, 1.54) is 0 Å². The molecule has 3 aromatic rings. The van der Waals surface area contributed by atoms with Crippen LogP contribution < -0.4 is 5.32 Å². The van der Waals surface area contributed by atoms with Crippen LogP contribution in [-0.4, -0.2) is 5.11 Å². The minimum Gasteiger partial charge on any atom is -0.459 e. The molecular weight excluding hydrogens is 286 g/mol. The number of furan rings is 1. The topological polar surface area (TPSA) is 45.4 Å². The van der Waals surface area contributed by atoms with E-state index in [2.05, 4.69) is 12.2 Å². The maximum absolute atomic E-state index is 9.38. The molecule has 0 saturated heterocycles. The predicted molar refractivity (Wildman–Crippen MR) is 91.8 cm³/mol. The molecule has 118 valence electrons. The average Bonchev–Trinajstić information content (AvgIpc) is 3.11. The molecule has 0 amide bonds. The van der Waals surface area contributed by atoms with Crippen LogP contribution in [0.1, 0.15) is 29.9 Å². The second-order valence-electron chi connectivity index (χ2n) is 5.60. The molecule has 2 N–H and O–H groups in total. The second-order valence-corrected chi connectivity index (χ2v) is 5.60. The van der Waals surface area contributed by atoms with Gasteiger partial charge in [-0.3, -0.25) is 0 Å². The van der Waals surface area contributed by atoms with Gasteiger partial charge in [0.05, 0.1) is 12.6 Å². The zero-order chi connectivity index (χ0) is 16.1. The van der Waals surface area contributed by atoms with Crippen LogP contribution in [-0.2, 0) is 13.2 Å². The van der Waals surface area contributed by atoms with Crippen molar-refractivity contribution in [3.05, 3.63) is 83.6 Å². The number of aliphatic hydroxyl groups is 1. The first-order chi connectivity index (χ1) is 11.3. The van der Waals surface area contributed by atoms with E-state index < -0.39 is 0 Å². The minimum absolute atomic E-state index is 0.0607. The fourth-order valence-electron chi connectivity index (χ4n) is 2.59. The Morgan fingerprint density at radius 2 is 1.61 bits per heavy atom. The van der Waals surface area contributed by atoms with Crippen LogP contribution in [0.3, 0.4) is 0 Å². The van der Waals surface area contributed by atoms with E-state index in [0.29, 0.717) is 6.54 Å². The van der Waals surface area contributed by atoms with Crippen LogP contribution in [0.2, 0.25) is 0 Å². The number of nitrogens with one attached hydrogen (secondary N) is 1. The van der Waals surface area contributed by atoms with E-state index in [0.717, 1.165) is 28.2 Å². The summed E-state index contributed by atoms with van der Waals surface area (Å²) in [6.45, 7) is 2.83. The molecule has 0 bridgehead atoms. The largest absolute Gasteiger partial charge is 0.459 e. The fourth-order valence-corrected chi connectivity index (χ4v) is 2.59. The van der Waals surface area contributed by atoms with Crippen LogP contribution in [0, 0.1) is 0 Å². The lowest BCUT2D eigenvalue weighted by Gasteiger charge is -2.13. The fraction of sp³-hybridized carbons (Fsp3) is 0.200. The van der Waals surface area contributed by atoms with Crippen molar-refractivity contribution in [3.8, 4) is 11.3 Å². The highest BCUT2D eigenvalue weighted by Crippen LogP contribution is 2.25. The van der Waals surface area contributed by atoms with Gasteiger partial charge in [0, 0.05) is 12.1 Å². The van der Waals surface area contributed by atoms with Crippen molar-refractivity contribution in [1.82, 2.24) is 5.32 Å². The Bertz CT molecular complexity index is 749. The summed E-state index contributed by atoms with van der Waals surface area (Å²) in [4.78, 5) is 0. The lowest BCUT2D eigenvalue weighted by Crippen LogP contribution is -2.18. The standard InChI is InChI=1S/C20H21NO2/c1-15(21-13-17-9-5-6-10-18(17)14-22)19-11-12-20(23-19)16-7-3-2-4-8-16/h2-12,15,21-22H,13-14H2,1H3. The quantitative estimate of drug-likeness (QED) is 0.714. The maximum Gasteiger partial charge on any atom is 0.134 e. The van der Waals surface area contributed by atoms with Crippen molar-refractivity contribution in [1.29, 1.82) is 0 Å². The molecule has 0 saturated carbocycles. The van der Waals surface area contributed by atoms with Gasteiger partial charge in [0.2, 0.25) is 0 Å². The number of hydrogen-bond acceptors (Lipinski definition) is 3. The van der Waals surface area contributed by atoms with Crippen molar-refractivity contribution in [2.75, 3.05) is 0 Å². The van der Waals surface area contributed by atoms with Gasteiger partial charge in [-0.15, -0.1) is 0 Å². The summed E-state index contributed by atoms with van der Waals surface area (Å²) >= 11 is 0. The Morgan fingerprint density at radius 3 is 2.35 bits per heavy atom. The van der Waals surface area contributed by atoms with Gasteiger partial charge in [0.15, 0.2) is 0 Å². The molecule has 0 spiro atoms. The highest BCUT2D eigenvalue weighted by Gasteiger charge is 2.11. The molecule has 0 radical (unpaired) electrons. The van der Waals surface area contributed by atoms with Crippen LogP contribution >= 0.6 is 0 Å². The Kier molecular flexibility index (Phi) is 4.91. The van der Waals surface area contributed by atoms with Crippen molar-refractivity contribution in [2.45, 2.75) is 26.1 Å². The number of hydrogen-bond donors (Lipinski definition) is 2. The minimum atomic E-state index is 0.0607. The van der Waals surface area contributed by atoms with E-state index in [9.17, 15) is 5.11 Å². The maximum atomic E-state index is 9.38. The lowest BCUT2D eigenvalue weighted by molar-refractivity contribution is 0.280. The Morgan fingerprint density at radius 1 is 0.913 bits per heavy atom. The van der Waals surface area contributed by atoms with Gasteiger partial charge >= 0.3 is 0 Å². The Hall–Kier alpha value is -2.36. The highest BCUT2D eigenvalue weighted by molar-refractivity contribution is 5.57. The monoisotopic (exact) mass is 307 g/mol. The van der Waals surface area contributed by atoms with Crippen molar-refractivity contribution in [3.63, 3.8) is 0 Å². The van der Waals surface area contributed by atoms with E-state index >= 15 is 0 Å². The third-order valence-electron chi connectivity index (χ3n) is 4.00. The molecular formula is C20H21NO2. The molecule has 1 unspecified atom stereocenters. The first-order valence-electron chi connectivity index (χ1n) is 7.84. The number of benzene rings is 2. The summed E-state index contributed by atoms with van der Waals surface area (Å²) in [6.07, 6.45) is 0. The van der Waals surface area contributed by atoms with E-state index in [1.807, 2.05) is 66.7 Å². The summed E-state index contributed by atoms with van der Waals surface area (Å²) in [6, 6.07) is 22.1. The van der Waals surface area contributed by atoms with Crippen LogP contribution in [0.4, 0.5) is 0 Å².